The van der Waals surface area contributed by atoms with Crippen molar-refractivity contribution in [2.75, 3.05) is 41.3 Å². The van der Waals surface area contributed by atoms with Crippen LogP contribution in [0.15, 0.2) is 54.6 Å². The molecule has 3 saturated heterocycles. The molecule has 8 rings (SSSR count). The Morgan fingerprint density at radius 1 is 0.771 bits per heavy atom. The van der Waals surface area contributed by atoms with Gasteiger partial charge in [0.1, 0.15) is 24.4 Å². The molecule has 0 amide bonds. The molecule has 3 aromatic carbocycles. The van der Waals surface area contributed by atoms with Crippen LogP contribution in [0.5, 0.6) is 28.7 Å². The number of hydrogen-bond donors (Lipinski definition) is 2. The highest BCUT2D eigenvalue weighted by Crippen LogP contribution is 2.57. The summed E-state index contributed by atoms with van der Waals surface area (Å²) < 4.78 is 58.9. The Balaban J connectivity index is 1.15. The van der Waals surface area contributed by atoms with Crippen molar-refractivity contribution in [2.45, 2.75) is 49.0 Å². The Morgan fingerprint density at radius 3 is 2.17 bits per heavy atom. The molecule has 254 valence electrons. The molecule has 0 bridgehead atoms. The van der Waals surface area contributed by atoms with Crippen LogP contribution < -0.4 is 23.7 Å². The van der Waals surface area contributed by atoms with Crippen molar-refractivity contribution in [1.82, 2.24) is 0 Å². The van der Waals surface area contributed by atoms with Crippen molar-refractivity contribution in [3.8, 4) is 28.7 Å². The van der Waals surface area contributed by atoms with Crippen LogP contribution in [0, 0.1) is 11.8 Å². The number of cyclic esters (lactones) is 1. The highest BCUT2D eigenvalue weighted by molar-refractivity contribution is 5.79. The third kappa shape index (κ3) is 5.04. The van der Waals surface area contributed by atoms with Gasteiger partial charge in [-0.3, -0.25) is 4.79 Å². The Hall–Kier alpha value is -4.11. The van der Waals surface area contributed by atoms with Crippen LogP contribution in [-0.2, 0) is 28.5 Å². The molecule has 48 heavy (non-hydrogen) atoms. The molecule has 4 aliphatic heterocycles. The van der Waals surface area contributed by atoms with Crippen LogP contribution in [-0.4, -0.2) is 88.2 Å². The minimum Gasteiger partial charge on any atom is -0.493 e. The topological polar surface area (TPSA) is 150 Å². The van der Waals surface area contributed by atoms with Gasteiger partial charge in [-0.15, -0.1) is 0 Å². The molecule has 0 spiro atoms. The van der Waals surface area contributed by atoms with Gasteiger partial charge in [0, 0.05) is 17.4 Å². The molecule has 0 saturated carbocycles. The number of rotatable bonds is 7. The van der Waals surface area contributed by atoms with Gasteiger partial charge in [-0.2, -0.15) is 0 Å². The maximum atomic E-state index is 13.6. The number of hydrogen-bond acceptors (Lipinski definition) is 13. The summed E-state index contributed by atoms with van der Waals surface area (Å²) in [5.74, 6) is 0.203. The van der Waals surface area contributed by atoms with E-state index in [1.807, 2.05) is 54.6 Å². The van der Waals surface area contributed by atoms with Crippen molar-refractivity contribution in [3.05, 3.63) is 76.9 Å². The fraction of sp³-hybridized carbons (Fsp3) is 0.457. The molecule has 13 heteroatoms. The predicted molar refractivity (Wildman–Crippen MR) is 163 cm³/mol. The summed E-state index contributed by atoms with van der Waals surface area (Å²) in [6.45, 7) is 0.202. The Labute approximate surface area is 276 Å². The number of aliphatic hydroxyl groups is 2. The second kappa shape index (κ2) is 12.4. The van der Waals surface area contributed by atoms with Crippen LogP contribution in [0.3, 0.4) is 0 Å². The van der Waals surface area contributed by atoms with Crippen molar-refractivity contribution in [3.63, 3.8) is 0 Å². The van der Waals surface area contributed by atoms with E-state index in [9.17, 15) is 15.0 Å². The van der Waals surface area contributed by atoms with E-state index in [0.29, 0.717) is 34.3 Å². The maximum Gasteiger partial charge on any atom is 0.310 e. The number of benzene rings is 3. The highest BCUT2D eigenvalue weighted by Gasteiger charge is 2.56. The average Bonchev–Trinajstić information content (AvgIpc) is 3.75. The lowest BCUT2D eigenvalue weighted by Crippen LogP contribution is -2.62. The zero-order valence-corrected chi connectivity index (χ0v) is 26.5. The molecule has 0 unspecified atom stereocenters. The number of esters is 1. The minimum atomic E-state index is -1.47. The molecule has 3 aromatic rings. The van der Waals surface area contributed by atoms with Crippen LogP contribution in [0.2, 0.25) is 0 Å². The molecule has 3 fully saturated rings. The van der Waals surface area contributed by atoms with Crippen molar-refractivity contribution in [2.24, 2.45) is 11.8 Å². The molecule has 10 atom stereocenters. The maximum absolute atomic E-state index is 13.6. The quantitative estimate of drug-likeness (QED) is 0.357. The standard InChI is InChI=1S/C35H36O13/c1-39-23-9-17(10-24(40-2)31(23)41-3)26-18-11-21-22(45-15-44-21)12-19(18)30(20-13-42-33(38)27(20)26)47-35-29(37)28(36)32-25(46-35)14-43-34(48-32)16-7-5-4-6-8-16/h4-12,20,25-30,32,34-37H,13-15H2,1-3H3/t20-,25-,26-,27-,28-,29+,30+,32-,34-,35+/m0/s1. The van der Waals surface area contributed by atoms with Crippen LogP contribution >= 0.6 is 0 Å². The lowest BCUT2D eigenvalue weighted by Gasteiger charge is -2.48. The van der Waals surface area contributed by atoms with Gasteiger partial charge in [-0.1, -0.05) is 30.3 Å². The molecule has 1 aliphatic carbocycles. The summed E-state index contributed by atoms with van der Waals surface area (Å²) in [6, 6.07) is 16.7. The molecule has 2 N–H and O–H groups in total. The first-order valence-corrected chi connectivity index (χ1v) is 15.8. The van der Waals surface area contributed by atoms with E-state index < -0.39 is 66.8 Å². The lowest BCUT2D eigenvalue weighted by atomic mass is 9.66. The van der Waals surface area contributed by atoms with Gasteiger partial charge in [-0.25, -0.2) is 0 Å². The van der Waals surface area contributed by atoms with E-state index >= 15 is 0 Å². The highest BCUT2D eigenvalue weighted by atomic mass is 16.8. The van der Waals surface area contributed by atoms with Gasteiger partial charge in [0.15, 0.2) is 35.6 Å². The first-order valence-electron chi connectivity index (χ1n) is 15.8. The van der Waals surface area contributed by atoms with Gasteiger partial charge >= 0.3 is 5.97 Å². The van der Waals surface area contributed by atoms with Crippen LogP contribution in [0.1, 0.15) is 40.6 Å². The summed E-state index contributed by atoms with van der Waals surface area (Å²) >= 11 is 0. The summed E-state index contributed by atoms with van der Waals surface area (Å²) in [7, 11) is 4.59. The zero-order valence-electron chi connectivity index (χ0n) is 26.5. The summed E-state index contributed by atoms with van der Waals surface area (Å²) in [6.07, 6.45) is -7.19. The SMILES string of the molecule is COc1cc([C@H]2c3cc4c(cc3[C@@H](O[C@H]3O[C@H]5CO[C@H](c6ccccc6)O[C@@H]5[C@@H](O)[C@H]3O)[C@H]3COC(=O)[C@H]23)OCO4)cc(OC)c1OC. The van der Waals surface area contributed by atoms with Crippen molar-refractivity contribution < 1.29 is 62.4 Å². The van der Waals surface area contributed by atoms with Gasteiger partial charge in [0.2, 0.25) is 12.5 Å². The number of ether oxygens (including phenoxy) is 10. The molecule has 0 radical (unpaired) electrons. The normalized spacial score (nSPS) is 33.2. The fourth-order valence-electron chi connectivity index (χ4n) is 7.58. The molecular weight excluding hydrogens is 628 g/mol. The van der Waals surface area contributed by atoms with E-state index in [2.05, 4.69) is 0 Å². The zero-order chi connectivity index (χ0) is 33.1. The third-order valence-corrected chi connectivity index (χ3v) is 9.85. The minimum absolute atomic E-state index is 0.0389. The van der Waals surface area contributed by atoms with Gasteiger partial charge in [0.25, 0.3) is 0 Å². The van der Waals surface area contributed by atoms with Crippen LogP contribution in [0.4, 0.5) is 0 Å². The second-order valence-electron chi connectivity index (χ2n) is 12.3. The Morgan fingerprint density at radius 2 is 1.48 bits per heavy atom. The largest absolute Gasteiger partial charge is 0.493 e. The summed E-state index contributed by atoms with van der Waals surface area (Å²) in [4.78, 5) is 13.6. The molecule has 5 aliphatic rings. The third-order valence-electron chi connectivity index (χ3n) is 9.85. The summed E-state index contributed by atoms with van der Waals surface area (Å²) in [5, 5.41) is 22.6. The average molecular weight is 665 g/mol. The monoisotopic (exact) mass is 664 g/mol. The number of aliphatic hydroxyl groups excluding tert-OH is 2. The van der Waals surface area contributed by atoms with E-state index in [1.54, 1.807) is 0 Å². The predicted octanol–water partition coefficient (Wildman–Crippen LogP) is 2.99. The second-order valence-corrected chi connectivity index (χ2v) is 12.3. The molecular formula is C35H36O13. The Bertz CT molecular complexity index is 1650. The first-order chi connectivity index (χ1) is 23.4. The van der Waals surface area contributed by atoms with Crippen molar-refractivity contribution in [1.29, 1.82) is 0 Å². The first kappa shape index (κ1) is 31.2. The molecule has 4 heterocycles. The summed E-state index contributed by atoms with van der Waals surface area (Å²) in [5.41, 5.74) is 2.95. The van der Waals surface area contributed by atoms with E-state index in [-0.39, 0.29) is 20.0 Å². The number of carbonyl (C=O) groups excluding carboxylic acids is 1. The van der Waals surface area contributed by atoms with E-state index in [0.717, 1.165) is 16.7 Å². The molecule has 13 nitrogen and oxygen atoms in total. The van der Waals surface area contributed by atoms with Gasteiger partial charge < -0.3 is 57.6 Å². The lowest BCUT2D eigenvalue weighted by molar-refractivity contribution is -0.369. The molecule has 0 aromatic heterocycles. The van der Waals surface area contributed by atoms with E-state index in [1.165, 1.54) is 21.3 Å². The number of carbonyl (C=O) groups is 1. The van der Waals surface area contributed by atoms with Gasteiger partial charge in [-0.05, 0) is 41.0 Å². The fourth-order valence-corrected chi connectivity index (χ4v) is 7.58. The Kier molecular flexibility index (Phi) is 8.06. The van der Waals surface area contributed by atoms with Gasteiger partial charge in [0.05, 0.1) is 46.6 Å². The number of fused-ring (bicyclic) bond motifs is 4. The van der Waals surface area contributed by atoms with E-state index in [4.69, 9.17) is 47.4 Å². The van der Waals surface area contributed by atoms with Crippen LogP contribution in [0.25, 0.3) is 0 Å². The number of methoxy groups -OCH3 is 3. The van der Waals surface area contributed by atoms with Crippen molar-refractivity contribution >= 4 is 5.97 Å². The smallest absolute Gasteiger partial charge is 0.310 e.